The first-order valence-corrected chi connectivity index (χ1v) is 12.8. The highest BCUT2D eigenvalue weighted by molar-refractivity contribution is 5.90. The van der Waals surface area contributed by atoms with Gasteiger partial charge >= 0.3 is 0 Å². The lowest BCUT2D eigenvalue weighted by molar-refractivity contribution is -0.134. The summed E-state index contributed by atoms with van der Waals surface area (Å²) in [4.78, 5) is 38.3. The predicted octanol–water partition coefficient (Wildman–Crippen LogP) is 3.81. The Kier molecular flexibility index (Phi) is 5.43. The van der Waals surface area contributed by atoms with E-state index in [0.29, 0.717) is 23.8 Å². The molecule has 2 aliphatic rings. The van der Waals surface area contributed by atoms with Gasteiger partial charge in [0, 0.05) is 68.6 Å². The average Bonchev–Trinajstić information content (AvgIpc) is 3.52. The number of pyridine rings is 1. The average molecular weight is 494 g/mol. The summed E-state index contributed by atoms with van der Waals surface area (Å²) in [6, 6.07) is 12.1. The number of benzene rings is 1. The van der Waals surface area contributed by atoms with Crippen molar-refractivity contribution in [2.24, 2.45) is 5.92 Å². The smallest absolute Gasteiger partial charge is 0.225 e. The zero-order valence-corrected chi connectivity index (χ0v) is 20.4. The topological polar surface area (TPSA) is 104 Å². The van der Waals surface area contributed by atoms with Gasteiger partial charge in [-0.25, -0.2) is 15.0 Å². The Morgan fingerprint density at radius 3 is 2.76 bits per heavy atom. The molecule has 1 aliphatic carbocycles. The zero-order chi connectivity index (χ0) is 24.8. The molecule has 186 valence electrons. The Morgan fingerprint density at radius 2 is 1.89 bits per heavy atom. The Bertz CT molecular complexity index is 1590. The minimum absolute atomic E-state index is 0.304. The number of piperazine rings is 1. The SMILES string of the molecule is O=C(C1CC1)N1CCN(Cc2ccnc(Cc3nc4ccc(-c5ncnc6ccoc56)cc4[nH]3)c2)CC1. The van der Waals surface area contributed by atoms with Crippen LogP contribution in [0.15, 0.2) is 59.6 Å². The monoisotopic (exact) mass is 493 g/mol. The number of aromatic nitrogens is 5. The van der Waals surface area contributed by atoms with E-state index in [0.717, 1.165) is 84.9 Å². The normalized spacial score (nSPS) is 16.6. The number of nitrogens with zero attached hydrogens (tertiary/aromatic N) is 6. The van der Waals surface area contributed by atoms with Gasteiger partial charge in [-0.2, -0.15) is 0 Å². The fourth-order valence-corrected chi connectivity index (χ4v) is 5.16. The highest BCUT2D eigenvalue weighted by Crippen LogP contribution is 2.31. The molecule has 0 bridgehead atoms. The molecule has 1 aromatic carbocycles. The van der Waals surface area contributed by atoms with Crippen LogP contribution in [0.4, 0.5) is 0 Å². The molecule has 1 amide bonds. The molecule has 1 saturated heterocycles. The number of amides is 1. The summed E-state index contributed by atoms with van der Waals surface area (Å²) in [7, 11) is 0. The van der Waals surface area contributed by atoms with Crippen molar-refractivity contribution in [1.82, 2.24) is 34.7 Å². The van der Waals surface area contributed by atoms with Crippen molar-refractivity contribution in [1.29, 1.82) is 0 Å². The van der Waals surface area contributed by atoms with Crippen LogP contribution in [0.3, 0.4) is 0 Å². The summed E-state index contributed by atoms with van der Waals surface area (Å²) in [5.74, 6) is 1.53. The van der Waals surface area contributed by atoms with E-state index >= 15 is 0 Å². The molecule has 7 rings (SSSR count). The molecular formula is C28H27N7O2. The second-order valence-corrected chi connectivity index (χ2v) is 9.98. The van der Waals surface area contributed by atoms with Gasteiger partial charge in [-0.05, 0) is 42.7 Å². The van der Waals surface area contributed by atoms with Gasteiger partial charge in [0.05, 0.1) is 17.3 Å². The largest absolute Gasteiger partial charge is 0.460 e. The van der Waals surface area contributed by atoms with Crippen LogP contribution in [0.25, 0.3) is 33.4 Å². The first kappa shape index (κ1) is 22.1. The summed E-state index contributed by atoms with van der Waals surface area (Å²) < 4.78 is 5.61. The molecule has 9 nitrogen and oxygen atoms in total. The van der Waals surface area contributed by atoms with Crippen molar-refractivity contribution in [2.45, 2.75) is 25.8 Å². The number of H-pyrrole nitrogens is 1. The number of aromatic amines is 1. The number of imidazole rings is 1. The standard InChI is InChI=1S/C28H27N7O2/c36-28(19-1-2-19)35-10-8-34(9-11-35)16-18-5-7-29-21(13-18)15-25-32-22-4-3-20(14-24(22)33-25)26-27-23(6-12-37-27)30-17-31-26/h3-7,12-14,17,19H,1-2,8-11,15-16H2,(H,32,33). The van der Waals surface area contributed by atoms with Gasteiger partial charge in [0.1, 0.15) is 23.4 Å². The third kappa shape index (κ3) is 4.46. The fraction of sp³-hybridized carbons (Fsp3) is 0.321. The number of furan rings is 1. The van der Waals surface area contributed by atoms with E-state index in [-0.39, 0.29) is 0 Å². The van der Waals surface area contributed by atoms with Crippen molar-refractivity contribution < 1.29 is 9.21 Å². The lowest BCUT2D eigenvalue weighted by Crippen LogP contribution is -2.48. The van der Waals surface area contributed by atoms with Crippen molar-refractivity contribution in [3.63, 3.8) is 0 Å². The van der Waals surface area contributed by atoms with Crippen molar-refractivity contribution in [3.05, 3.63) is 72.3 Å². The molecular weight excluding hydrogens is 466 g/mol. The Labute approximate surface area is 213 Å². The maximum Gasteiger partial charge on any atom is 0.225 e. The number of nitrogens with one attached hydrogen (secondary N) is 1. The van der Waals surface area contributed by atoms with Crippen LogP contribution in [0, 0.1) is 5.92 Å². The second-order valence-electron chi connectivity index (χ2n) is 9.98. The number of carbonyl (C=O) groups is 1. The highest BCUT2D eigenvalue weighted by Gasteiger charge is 2.34. The maximum atomic E-state index is 12.3. The van der Waals surface area contributed by atoms with Gasteiger partial charge in [-0.15, -0.1) is 0 Å². The molecule has 5 heterocycles. The van der Waals surface area contributed by atoms with E-state index in [1.807, 2.05) is 35.4 Å². The Morgan fingerprint density at radius 1 is 1.00 bits per heavy atom. The zero-order valence-electron chi connectivity index (χ0n) is 20.4. The first-order chi connectivity index (χ1) is 18.2. The van der Waals surface area contributed by atoms with Crippen LogP contribution < -0.4 is 0 Å². The fourth-order valence-electron chi connectivity index (χ4n) is 5.16. The van der Waals surface area contributed by atoms with E-state index in [4.69, 9.17) is 9.40 Å². The molecule has 0 radical (unpaired) electrons. The molecule has 4 aromatic heterocycles. The molecule has 2 fully saturated rings. The lowest BCUT2D eigenvalue weighted by atomic mass is 10.1. The number of hydrogen-bond acceptors (Lipinski definition) is 7. The molecule has 1 aliphatic heterocycles. The van der Waals surface area contributed by atoms with Gasteiger partial charge in [0.25, 0.3) is 0 Å². The Hall–Kier alpha value is -4.11. The van der Waals surface area contributed by atoms with Crippen LogP contribution in [-0.4, -0.2) is 66.8 Å². The molecule has 1 N–H and O–H groups in total. The first-order valence-electron chi connectivity index (χ1n) is 12.8. The second kappa shape index (κ2) is 9.08. The van der Waals surface area contributed by atoms with Crippen molar-refractivity contribution >= 4 is 28.0 Å². The maximum absolute atomic E-state index is 12.3. The molecule has 0 spiro atoms. The number of hydrogen-bond donors (Lipinski definition) is 1. The van der Waals surface area contributed by atoms with E-state index in [1.165, 1.54) is 5.56 Å². The Balaban J connectivity index is 1.04. The molecule has 37 heavy (non-hydrogen) atoms. The summed E-state index contributed by atoms with van der Waals surface area (Å²) in [6.07, 6.45) is 7.83. The van der Waals surface area contributed by atoms with E-state index in [2.05, 4.69) is 37.0 Å². The van der Waals surface area contributed by atoms with E-state index in [1.54, 1.807) is 12.6 Å². The van der Waals surface area contributed by atoms with Gasteiger partial charge < -0.3 is 14.3 Å². The highest BCUT2D eigenvalue weighted by atomic mass is 16.3. The molecule has 0 atom stereocenters. The minimum Gasteiger partial charge on any atom is -0.460 e. The van der Waals surface area contributed by atoms with Crippen LogP contribution in [0.5, 0.6) is 0 Å². The number of carbonyl (C=O) groups excluding carboxylic acids is 1. The quantitative estimate of drug-likeness (QED) is 0.384. The van der Waals surface area contributed by atoms with E-state index < -0.39 is 0 Å². The van der Waals surface area contributed by atoms with Gasteiger partial charge in [0.15, 0.2) is 5.58 Å². The van der Waals surface area contributed by atoms with Gasteiger partial charge in [0.2, 0.25) is 5.91 Å². The summed E-state index contributed by atoms with van der Waals surface area (Å²) in [5.41, 5.74) is 7.24. The number of rotatable bonds is 6. The van der Waals surface area contributed by atoms with E-state index in [9.17, 15) is 4.79 Å². The van der Waals surface area contributed by atoms with Crippen molar-refractivity contribution in [3.8, 4) is 11.3 Å². The lowest BCUT2D eigenvalue weighted by Gasteiger charge is -2.35. The summed E-state index contributed by atoms with van der Waals surface area (Å²) in [6.45, 7) is 4.35. The van der Waals surface area contributed by atoms with Gasteiger partial charge in [-0.3, -0.25) is 14.7 Å². The van der Waals surface area contributed by atoms with Crippen LogP contribution >= 0.6 is 0 Å². The predicted molar refractivity (Wildman–Crippen MR) is 139 cm³/mol. The third-order valence-corrected chi connectivity index (χ3v) is 7.29. The molecule has 9 heteroatoms. The summed E-state index contributed by atoms with van der Waals surface area (Å²) in [5, 5.41) is 0. The van der Waals surface area contributed by atoms with Crippen LogP contribution in [-0.2, 0) is 17.8 Å². The third-order valence-electron chi connectivity index (χ3n) is 7.29. The molecule has 1 saturated carbocycles. The summed E-state index contributed by atoms with van der Waals surface area (Å²) >= 11 is 0. The molecule has 0 unspecified atom stereocenters. The van der Waals surface area contributed by atoms with Gasteiger partial charge in [-0.1, -0.05) is 6.07 Å². The van der Waals surface area contributed by atoms with Crippen molar-refractivity contribution in [2.75, 3.05) is 26.2 Å². The van der Waals surface area contributed by atoms with Crippen LogP contribution in [0.1, 0.15) is 29.9 Å². The molecule has 5 aromatic rings. The minimum atomic E-state index is 0.304. The number of fused-ring (bicyclic) bond motifs is 2. The van der Waals surface area contributed by atoms with Crippen LogP contribution in [0.2, 0.25) is 0 Å².